The van der Waals surface area contributed by atoms with Crippen molar-refractivity contribution in [3.8, 4) is 17.6 Å². The Bertz CT molecular complexity index is 1280. The molecule has 4 heterocycles. The molecule has 3 aromatic heterocycles. The summed E-state index contributed by atoms with van der Waals surface area (Å²) in [6.07, 6.45) is 2.47. The van der Waals surface area contributed by atoms with Crippen LogP contribution in [-0.4, -0.2) is 64.6 Å². The van der Waals surface area contributed by atoms with E-state index in [1.54, 1.807) is 6.07 Å². The fourth-order valence-electron chi connectivity index (χ4n) is 3.72. The number of fused-ring (bicyclic) bond motifs is 3. The normalized spacial score (nSPS) is 16.1. The van der Waals surface area contributed by atoms with E-state index < -0.39 is 19.7 Å². The van der Waals surface area contributed by atoms with Crippen LogP contribution >= 0.6 is 0 Å². The van der Waals surface area contributed by atoms with Gasteiger partial charge in [0, 0.05) is 14.7 Å². The van der Waals surface area contributed by atoms with Crippen LogP contribution in [0.1, 0.15) is 30.1 Å². The van der Waals surface area contributed by atoms with Crippen LogP contribution in [0.4, 0.5) is 0 Å². The zero-order chi connectivity index (χ0) is 25.2. The SMILES string of the molecule is COC(=O)c1ccc2nc1OC(C)CCCOc1ncnc3c1n-2c(=O)n3COCC[Si](C)(C)C. The minimum Gasteiger partial charge on any atom is -0.476 e. The number of carbonyl (C=O) groups excluding carboxylic acids is 1. The topological polar surface area (TPSA) is 120 Å². The van der Waals surface area contributed by atoms with Crippen molar-refractivity contribution in [2.24, 2.45) is 0 Å². The number of imidazole rings is 1. The maximum Gasteiger partial charge on any atom is 0.343 e. The van der Waals surface area contributed by atoms with Gasteiger partial charge in [-0.25, -0.2) is 19.1 Å². The van der Waals surface area contributed by atoms with Gasteiger partial charge in [-0.2, -0.15) is 9.97 Å². The molecule has 12 heteroatoms. The molecule has 188 valence electrons. The van der Waals surface area contributed by atoms with Gasteiger partial charge in [-0.05, 0) is 37.9 Å². The van der Waals surface area contributed by atoms with Gasteiger partial charge in [0.15, 0.2) is 11.2 Å². The highest BCUT2D eigenvalue weighted by atomic mass is 28.3. The van der Waals surface area contributed by atoms with Crippen LogP contribution in [0.15, 0.2) is 23.3 Å². The molecular formula is C23H31N5O6Si. The van der Waals surface area contributed by atoms with E-state index in [1.807, 2.05) is 6.92 Å². The molecule has 11 nitrogen and oxygen atoms in total. The summed E-state index contributed by atoms with van der Waals surface area (Å²) < 4.78 is 25.5. The third kappa shape index (κ3) is 5.38. The fourth-order valence-corrected chi connectivity index (χ4v) is 4.48. The Morgan fingerprint density at radius 1 is 1.23 bits per heavy atom. The summed E-state index contributed by atoms with van der Waals surface area (Å²) in [6, 6.07) is 4.06. The van der Waals surface area contributed by atoms with Crippen molar-refractivity contribution >= 4 is 25.2 Å². The zero-order valence-electron chi connectivity index (χ0n) is 20.7. The lowest BCUT2D eigenvalue weighted by atomic mass is 10.2. The van der Waals surface area contributed by atoms with Gasteiger partial charge in [-0.1, -0.05) is 19.6 Å². The number of ether oxygens (including phenoxy) is 4. The lowest BCUT2D eigenvalue weighted by molar-refractivity contribution is 0.0591. The molecule has 1 unspecified atom stereocenters. The van der Waals surface area contributed by atoms with Gasteiger partial charge in [0.2, 0.25) is 11.8 Å². The smallest absolute Gasteiger partial charge is 0.343 e. The molecule has 0 saturated heterocycles. The Balaban J connectivity index is 1.86. The summed E-state index contributed by atoms with van der Waals surface area (Å²) >= 11 is 0. The Hall–Kier alpha value is -3.25. The van der Waals surface area contributed by atoms with E-state index in [4.69, 9.17) is 18.9 Å². The summed E-state index contributed by atoms with van der Waals surface area (Å²) in [5, 5.41) is 0. The number of pyridine rings is 1. The molecule has 0 fully saturated rings. The molecule has 0 radical (unpaired) electrons. The van der Waals surface area contributed by atoms with Crippen molar-refractivity contribution < 1.29 is 23.7 Å². The number of aromatic nitrogens is 5. The first kappa shape index (κ1) is 24.9. The van der Waals surface area contributed by atoms with Gasteiger partial charge in [0.05, 0.1) is 19.8 Å². The lowest BCUT2D eigenvalue weighted by Crippen LogP contribution is -2.27. The zero-order valence-corrected chi connectivity index (χ0v) is 21.7. The summed E-state index contributed by atoms with van der Waals surface area (Å²) in [4.78, 5) is 39.1. The van der Waals surface area contributed by atoms with Gasteiger partial charge >= 0.3 is 11.7 Å². The maximum absolute atomic E-state index is 13.6. The van der Waals surface area contributed by atoms with E-state index in [2.05, 4.69) is 34.6 Å². The first-order valence-electron chi connectivity index (χ1n) is 11.6. The number of rotatable bonds is 6. The quantitative estimate of drug-likeness (QED) is 0.285. The molecule has 0 saturated carbocycles. The Morgan fingerprint density at radius 3 is 2.77 bits per heavy atom. The van der Waals surface area contributed by atoms with Crippen LogP contribution in [0, 0.1) is 0 Å². The van der Waals surface area contributed by atoms with Crippen LogP contribution in [0.3, 0.4) is 0 Å². The van der Waals surface area contributed by atoms with Gasteiger partial charge < -0.3 is 18.9 Å². The number of esters is 1. The fraction of sp³-hybridized carbons (Fsp3) is 0.522. The van der Waals surface area contributed by atoms with E-state index in [9.17, 15) is 9.59 Å². The summed E-state index contributed by atoms with van der Waals surface area (Å²) in [5.74, 6) is 0.0515. The van der Waals surface area contributed by atoms with Crippen LogP contribution < -0.4 is 15.2 Å². The molecule has 0 amide bonds. The molecule has 3 aromatic rings. The molecule has 1 atom stereocenters. The van der Waals surface area contributed by atoms with Crippen LogP contribution in [0.2, 0.25) is 25.7 Å². The minimum atomic E-state index is -1.29. The summed E-state index contributed by atoms with van der Waals surface area (Å²) in [5.41, 5.74) is 0.524. The molecular weight excluding hydrogens is 470 g/mol. The van der Waals surface area contributed by atoms with Crippen molar-refractivity contribution in [2.45, 2.75) is 58.3 Å². The highest BCUT2D eigenvalue weighted by Crippen LogP contribution is 2.27. The van der Waals surface area contributed by atoms with E-state index in [0.717, 1.165) is 6.04 Å². The second kappa shape index (κ2) is 10.2. The van der Waals surface area contributed by atoms with Crippen LogP contribution in [-0.2, 0) is 16.2 Å². The van der Waals surface area contributed by atoms with Crippen molar-refractivity contribution in [3.63, 3.8) is 0 Å². The Kier molecular flexibility index (Phi) is 7.22. The number of hydrogen-bond donors (Lipinski definition) is 0. The molecule has 1 aliphatic heterocycles. The third-order valence-electron chi connectivity index (χ3n) is 5.67. The molecule has 2 bridgehead atoms. The molecule has 0 aliphatic carbocycles. The average Bonchev–Trinajstić information content (AvgIpc) is 3.09. The standard InChI is InChI=1S/C23H31N5O6Si/c1-15-7-6-10-33-21-18-19(24-13-25-21)27(14-32-11-12-35(3,4)5)23(30)28(18)17-9-8-16(22(29)31-2)20(26-17)34-15/h8-9,13,15H,6-7,10-12,14H2,1-5H3. The average molecular weight is 502 g/mol. The van der Waals surface area contributed by atoms with Gasteiger partial charge in [-0.15, -0.1) is 0 Å². The van der Waals surface area contributed by atoms with Gasteiger partial charge in [0.25, 0.3) is 0 Å². The van der Waals surface area contributed by atoms with Crippen molar-refractivity contribution in [3.05, 3.63) is 34.5 Å². The first-order chi connectivity index (χ1) is 16.7. The van der Waals surface area contributed by atoms with Gasteiger partial charge in [0.1, 0.15) is 24.4 Å². The minimum absolute atomic E-state index is 0.0316. The maximum atomic E-state index is 13.6. The monoisotopic (exact) mass is 501 g/mol. The number of carbonyl (C=O) groups is 1. The molecule has 0 aromatic carbocycles. The number of methoxy groups -OCH3 is 1. The summed E-state index contributed by atoms with van der Waals surface area (Å²) in [6.45, 7) is 9.63. The van der Waals surface area contributed by atoms with Crippen molar-refractivity contribution in [1.82, 2.24) is 24.1 Å². The van der Waals surface area contributed by atoms with E-state index in [0.29, 0.717) is 37.2 Å². The molecule has 1 aliphatic rings. The van der Waals surface area contributed by atoms with Crippen molar-refractivity contribution in [2.75, 3.05) is 20.3 Å². The largest absolute Gasteiger partial charge is 0.476 e. The van der Waals surface area contributed by atoms with E-state index in [1.165, 1.54) is 28.6 Å². The lowest BCUT2D eigenvalue weighted by Gasteiger charge is -2.18. The molecule has 35 heavy (non-hydrogen) atoms. The van der Waals surface area contributed by atoms with E-state index in [-0.39, 0.29) is 36.0 Å². The number of nitrogens with zero attached hydrogens (tertiary/aromatic N) is 5. The third-order valence-corrected chi connectivity index (χ3v) is 7.38. The molecule has 4 rings (SSSR count). The van der Waals surface area contributed by atoms with E-state index >= 15 is 0 Å². The summed E-state index contributed by atoms with van der Waals surface area (Å²) in [7, 11) is 0.00747. The Labute approximate surface area is 204 Å². The van der Waals surface area contributed by atoms with Crippen molar-refractivity contribution in [1.29, 1.82) is 0 Å². The molecule has 0 N–H and O–H groups in total. The highest BCUT2D eigenvalue weighted by molar-refractivity contribution is 6.76. The predicted octanol–water partition coefficient (Wildman–Crippen LogP) is 3.02. The predicted molar refractivity (Wildman–Crippen MR) is 131 cm³/mol. The van der Waals surface area contributed by atoms with Crippen LogP contribution in [0.5, 0.6) is 11.8 Å². The second-order valence-electron chi connectivity index (χ2n) is 9.68. The second-order valence-corrected chi connectivity index (χ2v) is 15.3. The van der Waals surface area contributed by atoms with Crippen LogP contribution in [0.25, 0.3) is 17.0 Å². The Morgan fingerprint density at radius 2 is 2.03 bits per heavy atom. The number of hydrogen-bond acceptors (Lipinski definition) is 9. The first-order valence-corrected chi connectivity index (χ1v) is 15.3. The highest BCUT2D eigenvalue weighted by Gasteiger charge is 2.25. The molecule has 0 spiro atoms. The van der Waals surface area contributed by atoms with Gasteiger partial charge in [-0.3, -0.25) is 4.57 Å².